The summed E-state index contributed by atoms with van der Waals surface area (Å²) < 4.78 is 11.7. The van der Waals surface area contributed by atoms with E-state index in [1.165, 1.54) is 38.5 Å². The normalized spacial score (nSPS) is 30.5. The number of ether oxygens (including phenoxy) is 2. The third kappa shape index (κ3) is 3.32. The Morgan fingerprint density at radius 3 is 2.63 bits per heavy atom. The summed E-state index contributed by atoms with van der Waals surface area (Å²) in [6.07, 6.45) is 8.55. The van der Waals surface area contributed by atoms with Gasteiger partial charge in [0.05, 0.1) is 18.8 Å². The van der Waals surface area contributed by atoms with Gasteiger partial charge in [0, 0.05) is 18.1 Å². The van der Waals surface area contributed by atoms with Crippen LogP contribution in [0, 0.1) is 5.41 Å². The lowest BCUT2D eigenvalue weighted by Crippen LogP contribution is -2.63. The van der Waals surface area contributed by atoms with Crippen molar-refractivity contribution < 1.29 is 9.47 Å². The molecule has 0 aromatic rings. The molecule has 3 unspecified atom stereocenters. The summed E-state index contributed by atoms with van der Waals surface area (Å²) in [5, 5.41) is 3.74. The topological polar surface area (TPSA) is 30.5 Å². The summed E-state index contributed by atoms with van der Waals surface area (Å²) in [6, 6.07) is 0.694. The maximum Gasteiger partial charge on any atom is 0.0784 e. The zero-order chi connectivity index (χ0) is 13.7. The molecule has 0 saturated heterocycles. The summed E-state index contributed by atoms with van der Waals surface area (Å²) in [5.74, 6) is 0. The molecule has 1 N–H and O–H groups in total. The van der Waals surface area contributed by atoms with E-state index in [4.69, 9.17) is 9.47 Å². The van der Waals surface area contributed by atoms with Gasteiger partial charge in [-0.1, -0.05) is 19.8 Å². The van der Waals surface area contributed by atoms with Crippen LogP contribution in [0.3, 0.4) is 0 Å². The lowest BCUT2D eigenvalue weighted by molar-refractivity contribution is -0.167. The fourth-order valence-corrected chi connectivity index (χ4v) is 3.85. The van der Waals surface area contributed by atoms with Gasteiger partial charge in [0.2, 0.25) is 0 Å². The van der Waals surface area contributed by atoms with Crippen LogP contribution in [0.1, 0.15) is 59.3 Å². The largest absolute Gasteiger partial charge is 0.379 e. The van der Waals surface area contributed by atoms with Crippen LogP contribution in [0.5, 0.6) is 0 Å². The van der Waals surface area contributed by atoms with Gasteiger partial charge in [0.25, 0.3) is 0 Å². The number of hydrogen-bond donors (Lipinski definition) is 1. The molecule has 0 radical (unpaired) electrons. The summed E-state index contributed by atoms with van der Waals surface area (Å²) in [4.78, 5) is 0. The zero-order valence-electron chi connectivity index (χ0n) is 12.9. The van der Waals surface area contributed by atoms with E-state index in [1.807, 2.05) is 6.92 Å². The van der Waals surface area contributed by atoms with Crippen LogP contribution < -0.4 is 5.32 Å². The summed E-state index contributed by atoms with van der Waals surface area (Å²) >= 11 is 0. The molecule has 0 amide bonds. The second-order valence-electron chi connectivity index (χ2n) is 6.28. The van der Waals surface area contributed by atoms with Crippen molar-refractivity contribution in [2.24, 2.45) is 5.41 Å². The number of hydrogen-bond acceptors (Lipinski definition) is 3. The average Bonchev–Trinajstić information content (AvgIpc) is 2.92. The predicted molar refractivity (Wildman–Crippen MR) is 78.4 cm³/mol. The van der Waals surface area contributed by atoms with Crippen molar-refractivity contribution >= 4 is 0 Å². The highest BCUT2D eigenvalue weighted by Crippen LogP contribution is 2.55. The minimum Gasteiger partial charge on any atom is -0.379 e. The van der Waals surface area contributed by atoms with Crippen molar-refractivity contribution in [1.82, 2.24) is 5.32 Å². The van der Waals surface area contributed by atoms with Crippen molar-refractivity contribution in [3.05, 3.63) is 0 Å². The Labute approximate surface area is 118 Å². The first-order valence-electron chi connectivity index (χ1n) is 8.19. The highest BCUT2D eigenvalue weighted by molar-refractivity contribution is 5.10. The van der Waals surface area contributed by atoms with Gasteiger partial charge in [-0.05, 0) is 46.1 Å². The van der Waals surface area contributed by atoms with Gasteiger partial charge in [-0.25, -0.2) is 0 Å². The number of nitrogens with one attached hydrogen (secondary N) is 1. The quantitative estimate of drug-likeness (QED) is 0.734. The molecule has 112 valence electrons. The van der Waals surface area contributed by atoms with E-state index in [2.05, 4.69) is 19.2 Å². The minimum atomic E-state index is 0.231. The van der Waals surface area contributed by atoms with Crippen LogP contribution in [0.15, 0.2) is 0 Å². The van der Waals surface area contributed by atoms with Crippen molar-refractivity contribution in [2.45, 2.75) is 77.5 Å². The van der Waals surface area contributed by atoms with E-state index in [9.17, 15) is 0 Å². The zero-order valence-corrected chi connectivity index (χ0v) is 12.9. The fourth-order valence-electron chi connectivity index (χ4n) is 3.85. The molecular weight excluding hydrogens is 238 g/mol. The first kappa shape index (κ1) is 15.3. The van der Waals surface area contributed by atoms with Crippen LogP contribution >= 0.6 is 0 Å². The SMILES string of the molecule is CCCNC1CC(OC(C)COCC)C12CCCC2. The molecule has 2 saturated carbocycles. The van der Waals surface area contributed by atoms with Crippen LogP contribution in [0.25, 0.3) is 0 Å². The molecule has 2 aliphatic carbocycles. The highest BCUT2D eigenvalue weighted by Gasteiger charge is 2.56. The Bertz CT molecular complexity index is 263. The Morgan fingerprint density at radius 1 is 1.26 bits per heavy atom. The van der Waals surface area contributed by atoms with Crippen molar-refractivity contribution in [1.29, 1.82) is 0 Å². The van der Waals surface area contributed by atoms with Crippen LogP contribution in [-0.4, -0.2) is 38.0 Å². The van der Waals surface area contributed by atoms with Gasteiger partial charge in [-0.15, -0.1) is 0 Å². The standard InChI is InChI=1S/C16H31NO2/c1-4-10-17-14-11-15(16(14)8-6-7-9-16)19-13(3)12-18-5-2/h13-15,17H,4-12H2,1-3H3. The molecule has 0 bridgehead atoms. The van der Waals surface area contributed by atoms with Crippen molar-refractivity contribution in [3.63, 3.8) is 0 Å². The monoisotopic (exact) mass is 269 g/mol. The highest BCUT2D eigenvalue weighted by atomic mass is 16.5. The van der Waals surface area contributed by atoms with Crippen molar-refractivity contribution in [3.8, 4) is 0 Å². The fraction of sp³-hybridized carbons (Fsp3) is 1.00. The van der Waals surface area contributed by atoms with Gasteiger partial charge in [0.1, 0.15) is 0 Å². The van der Waals surface area contributed by atoms with E-state index >= 15 is 0 Å². The van der Waals surface area contributed by atoms with E-state index in [0.717, 1.165) is 19.8 Å². The maximum atomic E-state index is 6.27. The molecule has 0 aromatic heterocycles. The second-order valence-corrected chi connectivity index (χ2v) is 6.28. The summed E-state index contributed by atoms with van der Waals surface area (Å²) in [7, 11) is 0. The van der Waals surface area contributed by atoms with E-state index in [-0.39, 0.29) is 6.10 Å². The van der Waals surface area contributed by atoms with E-state index in [0.29, 0.717) is 17.6 Å². The minimum absolute atomic E-state index is 0.231. The average molecular weight is 269 g/mol. The smallest absolute Gasteiger partial charge is 0.0784 e. The van der Waals surface area contributed by atoms with Crippen molar-refractivity contribution in [2.75, 3.05) is 19.8 Å². The Morgan fingerprint density at radius 2 is 2.00 bits per heavy atom. The Kier molecular flexibility index (Phi) is 5.67. The Balaban J connectivity index is 1.84. The first-order chi connectivity index (χ1) is 9.23. The van der Waals surface area contributed by atoms with E-state index < -0.39 is 0 Å². The van der Waals surface area contributed by atoms with E-state index in [1.54, 1.807) is 0 Å². The van der Waals surface area contributed by atoms with Gasteiger partial charge >= 0.3 is 0 Å². The Hall–Kier alpha value is -0.120. The third-order valence-corrected chi connectivity index (χ3v) is 4.91. The molecule has 0 aliphatic heterocycles. The van der Waals surface area contributed by atoms with Crippen LogP contribution in [-0.2, 0) is 9.47 Å². The molecular formula is C16H31NO2. The predicted octanol–water partition coefficient (Wildman–Crippen LogP) is 3.13. The van der Waals surface area contributed by atoms with Gasteiger partial charge < -0.3 is 14.8 Å². The molecule has 3 nitrogen and oxygen atoms in total. The van der Waals surface area contributed by atoms with Crippen LogP contribution in [0.2, 0.25) is 0 Å². The molecule has 2 rings (SSSR count). The third-order valence-electron chi connectivity index (χ3n) is 4.91. The summed E-state index contributed by atoms with van der Waals surface area (Å²) in [6.45, 7) is 9.09. The molecule has 19 heavy (non-hydrogen) atoms. The molecule has 3 heteroatoms. The number of rotatable bonds is 8. The molecule has 2 aliphatic rings. The second kappa shape index (κ2) is 7.05. The van der Waals surface area contributed by atoms with Gasteiger partial charge in [-0.3, -0.25) is 0 Å². The van der Waals surface area contributed by atoms with Gasteiger partial charge in [0.15, 0.2) is 0 Å². The maximum absolute atomic E-state index is 6.27. The lowest BCUT2D eigenvalue weighted by Gasteiger charge is -2.55. The molecule has 2 fully saturated rings. The molecule has 0 heterocycles. The first-order valence-corrected chi connectivity index (χ1v) is 8.19. The molecule has 3 atom stereocenters. The molecule has 1 spiro atoms. The summed E-state index contributed by atoms with van der Waals surface area (Å²) in [5.41, 5.74) is 0.440. The van der Waals surface area contributed by atoms with Gasteiger partial charge in [-0.2, -0.15) is 0 Å². The lowest BCUT2D eigenvalue weighted by atomic mass is 9.60. The molecule has 0 aromatic carbocycles. The van der Waals surface area contributed by atoms with Crippen LogP contribution in [0.4, 0.5) is 0 Å².